The van der Waals surface area contributed by atoms with Gasteiger partial charge in [0.05, 0.1) is 17.5 Å². The maximum atomic E-state index is 13.2. The number of carbonyl (C=O) groups excluding carboxylic acids is 3. The summed E-state index contributed by atoms with van der Waals surface area (Å²) < 4.78 is 0. The lowest BCUT2D eigenvalue weighted by atomic mass is 9.81. The molecule has 3 aliphatic rings. The van der Waals surface area contributed by atoms with E-state index in [-0.39, 0.29) is 51.0 Å². The quantitative estimate of drug-likeness (QED) is 0.489. The van der Waals surface area contributed by atoms with Crippen molar-refractivity contribution < 1.29 is 14.4 Å². The van der Waals surface area contributed by atoms with Gasteiger partial charge >= 0.3 is 0 Å². The van der Waals surface area contributed by atoms with Crippen LogP contribution in [-0.2, 0) is 9.59 Å². The minimum atomic E-state index is -0.256. The third kappa shape index (κ3) is 2.89. The molecule has 2 saturated carbocycles. The van der Waals surface area contributed by atoms with E-state index < -0.39 is 0 Å². The first-order valence-corrected chi connectivity index (χ1v) is 11.4. The summed E-state index contributed by atoms with van der Waals surface area (Å²) in [6.45, 7) is 0. The van der Waals surface area contributed by atoms with Crippen molar-refractivity contribution in [1.29, 1.82) is 0 Å². The summed E-state index contributed by atoms with van der Waals surface area (Å²) >= 11 is 7.41. The van der Waals surface area contributed by atoms with Gasteiger partial charge in [0, 0.05) is 20.9 Å². The summed E-state index contributed by atoms with van der Waals surface area (Å²) in [5, 5.41) is 2.84. The summed E-state index contributed by atoms with van der Waals surface area (Å²) in [4.78, 5) is 40.5. The van der Waals surface area contributed by atoms with Gasteiger partial charge in [0.1, 0.15) is 0 Å². The SMILES string of the molecule is O=C(Nc1cccc(N2C(=O)[C@@H]3[C@H]4C[C@@H]([C@H](Br)[C@@H]4Br)[C@@H]3C2=O)c1)c1ccccc1. The van der Waals surface area contributed by atoms with Gasteiger partial charge in [-0.1, -0.05) is 56.1 Å². The number of amides is 3. The molecule has 7 heteroatoms. The van der Waals surface area contributed by atoms with Crippen LogP contribution in [0.25, 0.3) is 0 Å². The normalized spacial score (nSPS) is 32.6. The maximum absolute atomic E-state index is 13.2. The summed E-state index contributed by atoms with van der Waals surface area (Å²) in [6, 6.07) is 15.9. The van der Waals surface area contributed by atoms with Crippen LogP contribution in [0.3, 0.4) is 0 Å². The molecular weight excluding hydrogens is 500 g/mol. The van der Waals surface area contributed by atoms with Crippen molar-refractivity contribution in [2.75, 3.05) is 10.2 Å². The number of fused-ring (bicyclic) bond motifs is 5. The molecule has 29 heavy (non-hydrogen) atoms. The smallest absolute Gasteiger partial charge is 0.255 e. The van der Waals surface area contributed by atoms with Gasteiger partial charge in [0.15, 0.2) is 0 Å². The number of hydrogen-bond acceptors (Lipinski definition) is 3. The van der Waals surface area contributed by atoms with Gasteiger partial charge in [0.25, 0.3) is 5.91 Å². The third-order valence-corrected chi connectivity index (χ3v) is 9.59. The Morgan fingerprint density at radius 2 is 1.52 bits per heavy atom. The van der Waals surface area contributed by atoms with E-state index in [2.05, 4.69) is 37.2 Å². The lowest BCUT2D eigenvalue weighted by molar-refractivity contribution is -0.123. The highest BCUT2D eigenvalue weighted by Crippen LogP contribution is 2.60. The van der Waals surface area contributed by atoms with Gasteiger partial charge in [-0.05, 0) is 48.6 Å². The maximum Gasteiger partial charge on any atom is 0.255 e. The number of nitrogens with one attached hydrogen (secondary N) is 1. The Labute approximate surface area is 185 Å². The van der Waals surface area contributed by atoms with E-state index in [9.17, 15) is 14.4 Å². The molecule has 1 saturated heterocycles. The predicted octanol–water partition coefficient (Wildman–Crippen LogP) is 4.22. The molecule has 5 rings (SSSR count). The fourth-order valence-electron chi connectivity index (χ4n) is 5.12. The van der Waals surface area contributed by atoms with E-state index in [4.69, 9.17) is 0 Å². The summed E-state index contributed by atoms with van der Waals surface area (Å²) in [6.07, 6.45) is 0.902. The topological polar surface area (TPSA) is 66.5 Å². The van der Waals surface area contributed by atoms with E-state index >= 15 is 0 Å². The minimum absolute atomic E-state index is 0.122. The van der Waals surface area contributed by atoms with Crippen molar-refractivity contribution in [2.24, 2.45) is 23.7 Å². The van der Waals surface area contributed by atoms with Crippen LogP contribution in [0, 0.1) is 23.7 Å². The van der Waals surface area contributed by atoms with Gasteiger partial charge in [-0.25, -0.2) is 4.90 Å². The molecule has 0 aromatic heterocycles. The van der Waals surface area contributed by atoms with Crippen LogP contribution < -0.4 is 10.2 Å². The zero-order valence-corrected chi connectivity index (χ0v) is 18.5. The van der Waals surface area contributed by atoms with E-state index in [1.165, 1.54) is 4.90 Å². The van der Waals surface area contributed by atoms with Crippen molar-refractivity contribution in [3.05, 3.63) is 60.2 Å². The molecule has 1 aliphatic heterocycles. The first-order chi connectivity index (χ1) is 14.0. The number of rotatable bonds is 3. The Kier molecular flexibility index (Phi) is 4.62. The standard InChI is InChI=1S/C22H18Br2N2O3/c23-18-14-10-15(19(18)24)17-16(14)21(28)26(22(17)29)13-8-4-7-12(9-13)25-20(27)11-5-2-1-3-6-11/h1-9,14-19H,10H2,(H,25,27)/t14-,15-,16-,17+,18-,19+/m1/s1. The van der Waals surface area contributed by atoms with Crippen molar-refractivity contribution in [3.8, 4) is 0 Å². The molecule has 0 unspecified atom stereocenters. The third-order valence-electron chi connectivity index (χ3n) is 6.39. The number of benzene rings is 2. The lowest BCUT2D eigenvalue weighted by Crippen LogP contribution is -2.37. The summed E-state index contributed by atoms with van der Waals surface area (Å²) in [7, 11) is 0. The molecule has 3 fully saturated rings. The molecule has 5 nitrogen and oxygen atoms in total. The number of alkyl halides is 2. The van der Waals surface area contributed by atoms with Crippen LogP contribution in [-0.4, -0.2) is 27.4 Å². The Balaban J connectivity index is 1.41. The fourth-order valence-corrected chi connectivity index (χ4v) is 6.99. The van der Waals surface area contributed by atoms with E-state index in [1.807, 2.05) is 6.07 Å². The van der Waals surface area contributed by atoms with Gasteiger partial charge in [-0.15, -0.1) is 0 Å². The highest BCUT2D eigenvalue weighted by Gasteiger charge is 2.66. The van der Waals surface area contributed by atoms with Crippen LogP contribution in [0.1, 0.15) is 16.8 Å². The van der Waals surface area contributed by atoms with Crippen LogP contribution in [0.2, 0.25) is 0 Å². The first kappa shape index (κ1) is 19.0. The summed E-state index contributed by atoms with van der Waals surface area (Å²) in [5.74, 6) is -0.637. The Hall–Kier alpha value is -1.99. The molecule has 0 radical (unpaired) electrons. The molecule has 3 amide bonds. The number of anilines is 2. The second-order valence-corrected chi connectivity index (χ2v) is 10.0. The number of carbonyl (C=O) groups is 3. The lowest BCUT2D eigenvalue weighted by Gasteiger charge is -2.28. The molecule has 2 aliphatic carbocycles. The van der Waals surface area contributed by atoms with Gasteiger partial charge in [0.2, 0.25) is 11.8 Å². The second kappa shape index (κ2) is 7.06. The van der Waals surface area contributed by atoms with E-state index in [0.29, 0.717) is 16.9 Å². The number of nitrogens with zero attached hydrogens (tertiary/aromatic N) is 1. The predicted molar refractivity (Wildman–Crippen MR) is 117 cm³/mol. The monoisotopic (exact) mass is 516 g/mol. The zero-order valence-electron chi connectivity index (χ0n) is 15.3. The van der Waals surface area contributed by atoms with Crippen molar-refractivity contribution >= 4 is 61.0 Å². The number of imide groups is 1. The van der Waals surface area contributed by atoms with Crippen LogP contribution >= 0.6 is 31.9 Å². The molecular formula is C22H18Br2N2O3. The molecule has 6 atom stereocenters. The van der Waals surface area contributed by atoms with Crippen LogP contribution in [0.5, 0.6) is 0 Å². The van der Waals surface area contributed by atoms with Gasteiger partial charge < -0.3 is 5.32 Å². The Morgan fingerprint density at radius 1 is 0.897 bits per heavy atom. The van der Waals surface area contributed by atoms with Crippen LogP contribution in [0.4, 0.5) is 11.4 Å². The van der Waals surface area contributed by atoms with Crippen molar-refractivity contribution in [2.45, 2.75) is 16.1 Å². The average molecular weight is 518 g/mol. The second-order valence-electron chi connectivity index (χ2n) is 7.89. The summed E-state index contributed by atoms with van der Waals surface area (Å²) in [5.41, 5.74) is 1.61. The van der Waals surface area contributed by atoms with Gasteiger partial charge in [-0.2, -0.15) is 0 Å². The highest BCUT2D eigenvalue weighted by atomic mass is 79.9. The molecule has 1 N–H and O–H groups in total. The molecule has 148 valence electrons. The zero-order chi connectivity index (χ0) is 20.3. The van der Waals surface area contributed by atoms with E-state index in [0.717, 1.165) is 6.42 Å². The minimum Gasteiger partial charge on any atom is -0.322 e. The number of halogens is 2. The fraction of sp³-hybridized carbons (Fsp3) is 0.318. The van der Waals surface area contributed by atoms with Gasteiger partial charge in [-0.3, -0.25) is 14.4 Å². The first-order valence-electron chi connectivity index (χ1n) is 9.60. The Bertz CT molecular complexity index is 980. The molecule has 2 aromatic carbocycles. The average Bonchev–Trinajstić information content (AvgIpc) is 3.33. The largest absolute Gasteiger partial charge is 0.322 e. The highest BCUT2D eigenvalue weighted by molar-refractivity contribution is 9.12. The van der Waals surface area contributed by atoms with Crippen molar-refractivity contribution in [3.63, 3.8) is 0 Å². The van der Waals surface area contributed by atoms with Crippen LogP contribution in [0.15, 0.2) is 54.6 Å². The Morgan fingerprint density at radius 3 is 2.14 bits per heavy atom. The number of hydrogen-bond donors (Lipinski definition) is 1. The molecule has 2 bridgehead atoms. The molecule has 2 aromatic rings. The molecule has 0 spiro atoms. The van der Waals surface area contributed by atoms with Crippen molar-refractivity contribution in [1.82, 2.24) is 0 Å². The van der Waals surface area contributed by atoms with E-state index in [1.54, 1.807) is 48.5 Å². The molecule has 1 heterocycles.